The van der Waals surface area contributed by atoms with Crippen LogP contribution < -0.4 is 0 Å². The summed E-state index contributed by atoms with van der Waals surface area (Å²) < 4.78 is 4.08. The lowest BCUT2D eigenvalue weighted by molar-refractivity contribution is 0.471. The van der Waals surface area contributed by atoms with Crippen LogP contribution in [0.15, 0.2) is 33.6 Å². The Morgan fingerprint density at radius 3 is 2.82 bits per heavy atom. The number of hydrogen-bond acceptors (Lipinski definition) is 7. The number of rotatable bonds is 3. The minimum absolute atomic E-state index is 0.254. The monoisotopic (exact) mass is 266 g/mol. The van der Waals surface area contributed by atoms with Gasteiger partial charge in [-0.05, 0) is 36.9 Å². The topological polar surface area (TPSA) is 70.7 Å². The summed E-state index contributed by atoms with van der Waals surface area (Å²) in [5.74, 6) is 0.254. The van der Waals surface area contributed by atoms with Gasteiger partial charge in [-0.1, -0.05) is 11.8 Å². The predicted molar refractivity (Wildman–Crippen MR) is 68.7 cm³/mol. The highest BCUT2D eigenvalue weighted by Crippen LogP contribution is 2.25. The zero-order chi connectivity index (χ0) is 12.3. The smallest absolute Gasteiger partial charge is 0.250 e. The van der Waals surface area contributed by atoms with Crippen molar-refractivity contribution in [1.82, 2.24) is 9.36 Å². The molecule has 0 aliphatic rings. The normalized spacial score (nSPS) is 11.2. The first-order valence-electron chi connectivity index (χ1n) is 4.78. The van der Waals surface area contributed by atoms with Gasteiger partial charge in [-0.25, -0.2) is 0 Å². The molecule has 0 bridgehead atoms. The van der Waals surface area contributed by atoms with Gasteiger partial charge < -0.3 is 5.11 Å². The van der Waals surface area contributed by atoms with E-state index in [1.165, 1.54) is 23.3 Å². The van der Waals surface area contributed by atoms with E-state index in [9.17, 15) is 5.11 Å². The van der Waals surface area contributed by atoms with Gasteiger partial charge in [0.25, 0.3) is 0 Å². The maximum atomic E-state index is 9.37. The molecule has 0 atom stereocenters. The molecule has 0 radical (unpaired) electrons. The fourth-order valence-electron chi connectivity index (χ4n) is 1.13. The lowest BCUT2D eigenvalue weighted by Crippen LogP contribution is -1.72. The zero-order valence-corrected chi connectivity index (χ0v) is 10.9. The molecule has 1 N–H and O–H groups in total. The van der Waals surface area contributed by atoms with Crippen LogP contribution in [0, 0.1) is 6.92 Å². The van der Waals surface area contributed by atoms with E-state index in [4.69, 9.17) is 0 Å². The molecular weight excluding hydrogens is 256 g/mol. The molecule has 2 aromatic rings. The number of aryl methyl sites for hydroxylation is 1. The number of hydrogen-bond donors (Lipinski definition) is 1. The lowest BCUT2D eigenvalue weighted by Gasteiger charge is -1.97. The van der Waals surface area contributed by atoms with E-state index >= 15 is 0 Å². The molecule has 0 amide bonds. The third kappa shape index (κ3) is 3.01. The molecule has 5 nitrogen and oxygen atoms in total. The predicted octanol–water partition coefficient (Wildman–Crippen LogP) is 3.69. The van der Waals surface area contributed by atoms with Crippen LogP contribution in [0.25, 0.3) is 0 Å². The molecule has 88 valence electrons. The van der Waals surface area contributed by atoms with Crippen LogP contribution in [0.3, 0.4) is 0 Å². The summed E-state index contributed by atoms with van der Waals surface area (Å²) in [7, 11) is 0. The first kappa shape index (κ1) is 12.0. The van der Waals surface area contributed by atoms with Crippen molar-refractivity contribution in [3.8, 4) is 5.75 Å². The van der Waals surface area contributed by atoms with E-state index in [1.807, 2.05) is 13.2 Å². The number of aromatic nitrogens is 2. The van der Waals surface area contributed by atoms with Crippen molar-refractivity contribution in [3.05, 3.63) is 23.8 Å². The van der Waals surface area contributed by atoms with E-state index < -0.39 is 0 Å². The van der Waals surface area contributed by atoms with E-state index in [0.29, 0.717) is 16.0 Å². The van der Waals surface area contributed by atoms with Crippen molar-refractivity contribution < 1.29 is 5.11 Å². The second-order valence-electron chi connectivity index (χ2n) is 3.23. The highest BCUT2D eigenvalue weighted by molar-refractivity contribution is 7.98. The zero-order valence-electron chi connectivity index (χ0n) is 9.28. The Labute approximate surface area is 107 Å². The Morgan fingerprint density at radius 2 is 2.18 bits per heavy atom. The number of azo groups is 1. The molecule has 1 heterocycles. The Bertz CT molecular complexity index is 553. The Hall–Kier alpha value is -1.47. The molecule has 0 saturated carbocycles. The minimum Gasteiger partial charge on any atom is -0.508 e. The average molecular weight is 266 g/mol. The fraction of sp³-hybridized carbons (Fsp3) is 0.200. The van der Waals surface area contributed by atoms with E-state index in [1.54, 1.807) is 18.2 Å². The number of aromatic hydroxyl groups is 1. The van der Waals surface area contributed by atoms with Crippen LogP contribution in [0.5, 0.6) is 5.75 Å². The highest BCUT2D eigenvalue weighted by atomic mass is 32.2. The van der Waals surface area contributed by atoms with Crippen LogP contribution in [0.1, 0.15) is 5.56 Å². The van der Waals surface area contributed by atoms with Crippen molar-refractivity contribution >= 4 is 34.1 Å². The third-order valence-corrected chi connectivity index (χ3v) is 3.27. The number of benzene rings is 1. The molecule has 0 aliphatic carbocycles. The number of phenols is 1. The van der Waals surface area contributed by atoms with Gasteiger partial charge in [0.15, 0.2) is 0 Å². The molecule has 0 aliphatic heterocycles. The van der Waals surface area contributed by atoms with Gasteiger partial charge in [0.05, 0.1) is 5.69 Å². The van der Waals surface area contributed by atoms with Crippen molar-refractivity contribution in [2.75, 3.05) is 6.26 Å². The standard InChI is InChI=1S/C10H10N4OS2/c1-6-5-7(3-4-8(6)15)12-13-9-11-10(16-2)14-17-9/h3-5,15H,1-2H3. The molecule has 0 spiro atoms. The van der Waals surface area contributed by atoms with Crippen molar-refractivity contribution in [2.24, 2.45) is 10.2 Å². The van der Waals surface area contributed by atoms with Gasteiger partial charge in [0.1, 0.15) is 5.75 Å². The minimum atomic E-state index is 0.254. The van der Waals surface area contributed by atoms with E-state index in [-0.39, 0.29) is 5.75 Å². The summed E-state index contributed by atoms with van der Waals surface area (Å²) in [5.41, 5.74) is 1.45. The lowest BCUT2D eigenvalue weighted by atomic mass is 10.2. The maximum absolute atomic E-state index is 9.37. The summed E-state index contributed by atoms with van der Waals surface area (Å²) in [6.07, 6.45) is 1.91. The molecule has 0 saturated heterocycles. The first-order chi connectivity index (χ1) is 8.19. The molecular formula is C10H10N4OS2. The van der Waals surface area contributed by atoms with Crippen molar-refractivity contribution in [3.63, 3.8) is 0 Å². The van der Waals surface area contributed by atoms with E-state index in [2.05, 4.69) is 19.6 Å². The third-order valence-electron chi connectivity index (χ3n) is 2.01. The molecule has 2 rings (SSSR count). The second-order valence-corrected chi connectivity index (χ2v) is 4.74. The van der Waals surface area contributed by atoms with Crippen LogP contribution >= 0.6 is 23.3 Å². The van der Waals surface area contributed by atoms with Crippen LogP contribution in [0.4, 0.5) is 10.8 Å². The molecule has 1 aromatic heterocycles. The molecule has 7 heteroatoms. The Balaban J connectivity index is 2.16. The van der Waals surface area contributed by atoms with Crippen LogP contribution in [-0.4, -0.2) is 20.7 Å². The molecule has 1 aromatic carbocycles. The number of phenolic OH excluding ortho intramolecular Hbond substituents is 1. The van der Waals surface area contributed by atoms with Crippen LogP contribution in [0.2, 0.25) is 0 Å². The van der Waals surface area contributed by atoms with Gasteiger partial charge in [-0.2, -0.15) is 9.36 Å². The van der Waals surface area contributed by atoms with E-state index in [0.717, 1.165) is 5.56 Å². The number of thioether (sulfide) groups is 1. The van der Waals surface area contributed by atoms with Gasteiger partial charge in [-0.15, -0.1) is 10.2 Å². The SMILES string of the molecule is CSc1nsc(N=Nc2ccc(O)c(C)c2)n1. The van der Waals surface area contributed by atoms with Crippen LogP contribution in [-0.2, 0) is 0 Å². The van der Waals surface area contributed by atoms with Gasteiger partial charge in [-0.3, -0.25) is 0 Å². The largest absolute Gasteiger partial charge is 0.508 e. The quantitative estimate of drug-likeness (QED) is 0.679. The second kappa shape index (κ2) is 5.24. The average Bonchev–Trinajstić information content (AvgIpc) is 2.79. The summed E-state index contributed by atoms with van der Waals surface area (Å²) in [5, 5.41) is 18.6. The molecule has 17 heavy (non-hydrogen) atoms. The maximum Gasteiger partial charge on any atom is 0.250 e. The highest BCUT2D eigenvalue weighted by Gasteiger charge is 2.01. The van der Waals surface area contributed by atoms with Gasteiger partial charge in [0, 0.05) is 11.5 Å². The van der Waals surface area contributed by atoms with Crippen molar-refractivity contribution in [1.29, 1.82) is 0 Å². The molecule has 0 fully saturated rings. The number of nitrogens with zero attached hydrogens (tertiary/aromatic N) is 4. The Morgan fingerprint density at radius 1 is 1.35 bits per heavy atom. The fourth-order valence-corrected chi connectivity index (χ4v) is 2.18. The molecule has 0 unspecified atom stereocenters. The van der Waals surface area contributed by atoms with Crippen molar-refractivity contribution in [2.45, 2.75) is 12.1 Å². The Kier molecular flexibility index (Phi) is 3.70. The summed E-state index contributed by atoms with van der Waals surface area (Å²) in [6, 6.07) is 5.05. The van der Waals surface area contributed by atoms with Gasteiger partial charge in [0.2, 0.25) is 10.3 Å². The summed E-state index contributed by atoms with van der Waals surface area (Å²) >= 11 is 2.68. The van der Waals surface area contributed by atoms with Gasteiger partial charge >= 0.3 is 0 Å². The summed E-state index contributed by atoms with van der Waals surface area (Å²) in [4.78, 5) is 4.14. The first-order valence-corrected chi connectivity index (χ1v) is 6.78. The summed E-state index contributed by atoms with van der Waals surface area (Å²) in [6.45, 7) is 1.81.